The van der Waals surface area contributed by atoms with Crippen molar-refractivity contribution in [3.8, 4) is 0 Å². The zero-order valence-corrected chi connectivity index (χ0v) is 11.2. The Balaban J connectivity index is 1.82. The van der Waals surface area contributed by atoms with Crippen LogP contribution in [-0.4, -0.2) is 42.1 Å². The van der Waals surface area contributed by atoms with E-state index in [2.05, 4.69) is 15.4 Å². The Bertz CT molecular complexity index is 427. The van der Waals surface area contributed by atoms with Crippen LogP contribution < -0.4 is 11.1 Å². The van der Waals surface area contributed by atoms with Gasteiger partial charge in [0.25, 0.3) is 0 Å². The van der Waals surface area contributed by atoms with Crippen molar-refractivity contribution in [2.24, 2.45) is 10.9 Å². The third kappa shape index (κ3) is 3.94. The van der Waals surface area contributed by atoms with E-state index in [-0.39, 0.29) is 5.84 Å². The molecule has 1 saturated heterocycles. The van der Waals surface area contributed by atoms with Crippen molar-refractivity contribution in [3.05, 3.63) is 35.4 Å². The lowest BCUT2D eigenvalue weighted by atomic mass is 10.1. The van der Waals surface area contributed by atoms with E-state index in [1.165, 1.54) is 25.9 Å². The summed E-state index contributed by atoms with van der Waals surface area (Å²) in [5.41, 5.74) is 7.51. The van der Waals surface area contributed by atoms with Crippen LogP contribution in [-0.2, 0) is 6.54 Å². The van der Waals surface area contributed by atoms with E-state index in [9.17, 15) is 0 Å². The number of hydrogen-bond acceptors (Lipinski definition) is 4. The molecule has 4 N–H and O–H groups in total. The molecule has 1 aliphatic rings. The van der Waals surface area contributed by atoms with Gasteiger partial charge in [-0.05, 0) is 31.5 Å². The smallest absolute Gasteiger partial charge is 0.170 e. The molecule has 1 aromatic carbocycles. The summed E-state index contributed by atoms with van der Waals surface area (Å²) < 4.78 is 0. The van der Waals surface area contributed by atoms with E-state index >= 15 is 0 Å². The molecule has 0 unspecified atom stereocenters. The third-order valence-electron chi connectivity index (χ3n) is 3.52. The molecule has 2 rings (SSSR count). The van der Waals surface area contributed by atoms with Gasteiger partial charge in [0.1, 0.15) is 0 Å². The highest BCUT2D eigenvalue weighted by Crippen LogP contribution is 2.08. The number of benzene rings is 1. The number of nitrogens with zero attached hydrogens (tertiary/aromatic N) is 2. The number of amidine groups is 1. The van der Waals surface area contributed by atoms with Crippen LogP contribution in [0, 0.1) is 0 Å². The largest absolute Gasteiger partial charge is 0.409 e. The van der Waals surface area contributed by atoms with Gasteiger partial charge in [0.05, 0.1) is 0 Å². The van der Waals surface area contributed by atoms with Gasteiger partial charge in [-0.1, -0.05) is 29.4 Å². The van der Waals surface area contributed by atoms with E-state index in [1.54, 1.807) is 0 Å². The maximum atomic E-state index is 8.76. The highest BCUT2D eigenvalue weighted by atomic mass is 16.4. The first-order chi connectivity index (χ1) is 9.31. The van der Waals surface area contributed by atoms with Crippen molar-refractivity contribution in [2.75, 3.05) is 26.2 Å². The zero-order chi connectivity index (χ0) is 13.5. The number of hydrogen-bond donors (Lipinski definition) is 3. The molecule has 1 aromatic rings. The van der Waals surface area contributed by atoms with Crippen LogP contribution in [0.5, 0.6) is 0 Å². The number of likely N-dealkylation sites (tertiary alicyclic amines) is 1. The van der Waals surface area contributed by atoms with Crippen LogP contribution >= 0.6 is 0 Å². The molecular formula is C14H22N4O. The Hall–Kier alpha value is -1.59. The van der Waals surface area contributed by atoms with Gasteiger partial charge >= 0.3 is 0 Å². The molecular weight excluding hydrogens is 240 g/mol. The van der Waals surface area contributed by atoms with E-state index in [0.717, 1.165) is 30.8 Å². The molecule has 0 amide bonds. The quantitative estimate of drug-likeness (QED) is 0.235. The van der Waals surface area contributed by atoms with Gasteiger partial charge in [-0.2, -0.15) is 0 Å². The molecule has 1 heterocycles. The van der Waals surface area contributed by atoms with Crippen molar-refractivity contribution in [2.45, 2.75) is 19.4 Å². The molecule has 0 radical (unpaired) electrons. The lowest BCUT2D eigenvalue weighted by Crippen LogP contribution is -2.30. The average Bonchev–Trinajstić information content (AvgIpc) is 2.96. The molecule has 0 saturated carbocycles. The van der Waals surface area contributed by atoms with Crippen molar-refractivity contribution >= 4 is 5.84 Å². The predicted molar refractivity (Wildman–Crippen MR) is 76.3 cm³/mol. The van der Waals surface area contributed by atoms with Gasteiger partial charge in [-0.3, -0.25) is 0 Å². The minimum atomic E-state index is 0.164. The van der Waals surface area contributed by atoms with Gasteiger partial charge in [0.15, 0.2) is 5.84 Å². The minimum Gasteiger partial charge on any atom is -0.409 e. The summed E-state index contributed by atoms with van der Waals surface area (Å²) >= 11 is 0. The average molecular weight is 262 g/mol. The van der Waals surface area contributed by atoms with Crippen LogP contribution in [0.15, 0.2) is 29.4 Å². The van der Waals surface area contributed by atoms with Crippen molar-refractivity contribution in [1.82, 2.24) is 10.2 Å². The van der Waals surface area contributed by atoms with E-state index in [4.69, 9.17) is 10.9 Å². The minimum absolute atomic E-state index is 0.164. The fourth-order valence-corrected chi connectivity index (χ4v) is 2.44. The summed E-state index contributed by atoms with van der Waals surface area (Å²) in [5.74, 6) is 0.164. The first-order valence-electron chi connectivity index (χ1n) is 6.80. The maximum Gasteiger partial charge on any atom is 0.170 e. The molecule has 1 aliphatic heterocycles. The molecule has 5 nitrogen and oxygen atoms in total. The highest BCUT2D eigenvalue weighted by molar-refractivity contribution is 5.98. The number of nitrogens with one attached hydrogen (secondary N) is 1. The molecule has 1 fully saturated rings. The topological polar surface area (TPSA) is 73.9 Å². The maximum absolute atomic E-state index is 8.76. The SMILES string of the molecule is NC(=NO)c1ccccc1CNCCN1CCCC1. The van der Waals surface area contributed by atoms with Crippen molar-refractivity contribution < 1.29 is 5.21 Å². The Morgan fingerprint density at radius 3 is 2.79 bits per heavy atom. The summed E-state index contributed by atoms with van der Waals surface area (Å²) in [5, 5.41) is 15.2. The fourth-order valence-electron chi connectivity index (χ4n) is 2.44. The lowest BCUT2D eigenvalue weighted by molar-refractivity contribution is 0.318. The molecule has 0 atom stereocenters. The van der Waals surface area contributed by atoms with Gasteiger partial charge < -0.3 is 21.2 Å². The molecule has 5 heteroatoms. The van der Waals surface area contributed by atoms with Crippen LogP contribution in [0.1, 0.15) is 24.0 Å². The molecule has 0 aromatic heterocycles. The van der Waals surface area contributed by atoms with E-state index < -0.39 is 0 Å². The first kappa shape index (κ1) is 13.8. The lowest BCUT2D eigenvalue weighted by Gasteiger charge is -2.15. The summed E-state index contributed by atoms with van der Waals surface area (Å²) in [6.07, 6.45) is 2.65. The third-order valence-corrected chi connectivity index (χ3v) is 3.52. The molecule has 0 spiro atoms. The summed E-state index contributed by atoms with van der Waals surface area (Å²) in [7, 11) is 0. The molecule has 0 bridgehead atoms. The van der Waals surface area contributed by atoms with Crippen LogP contribution in [0.25, 0.3) is 0 Å². The van der Waals surface area contributed by atoms with Crippen LogP contribution in [0.4, 0.5) is 0 Å². The summed E-state index contributed by atoms with van der Waals surface area (Å²) in [4.78, 5) is 2.47. The van der Waals surface area contributed by atoms with Crippen LogP contribution in [0.2, 0.25) is 0 Å². The Kier molecular flexibility index (Phi) is 5.18. The summed E-state index contributed by atoms with van der Waals surface area (Å²) in [6.45, 7) is 5.24. The number of rotatable bonds is 6. The monoisotopic (exact) mass is 262 g/mol. The second-order valence-corrected chi connectivity index (χ2v) is 4.87. The zero-order valence-electron chi connectivity index (χ0n) is 11.2. The van der Waals surface area contributed by atoms with Gasteiger partial charge in [0.2, 0.25) is 0 Å². The Morgan fingerprint density at radius 1 is 1.32 bits per heavy atom. The molecule has 0 aliphatic carbocycles. The fraction of sp³-hybridized carbons (Fsp3) is 0.500. The number of oxime groups is 1. The Labute approximate surface area is 114 Å². The van der Waals surface area contributed by atoms with Gasteiger partial charge in [-0.15, -0.1) is 0 Å². The Morgan fingerprint density at radius 2 is 2.05 bits per heavy atom. The second kappa shape index (κ2) is 7.11. The van der Waals surface area contributed by atoms with E-state index in [0.29, 0.717) is 0 Å². The van der Waals surface area contributed by atoms with Crippen molar-refractivity contribution in [3.63, 3.8) is 0 Å². The molecule has 19 heavy (non-hydrogen) atoms. The number of nitrogens with two attached hydrogens (primary N) is 1. The van der Waals surface area contributed by atoms with Gasteiger partial charge in [0, 0.05) is 25.2 Å². The predicted octanol–water partition coefficient (Wildman–Crippen LogP) is 0.966. The second-order valence-electron chi connectivity index (χ2n) is 4.87. The summed E-state index contributed by atoms with van der Waals surface area (Å²) in [6, 6.07) is 7.72. The van der Waals surface area contributed by atoms with Crippen molar-refractivity contribution in [1.29, 1.82) is 0 Å². The first-order valence-corrected chi connectivity index (χ1v) is 6.80. The molecule has 104 valence electrons. The van der Waals surface area contributed by atoms with Gasteiger partial charge in [-0.25, -0.2) is 0 Å². The van der Waals surface area contributed by atoms with Crippen LogP contribution in [0.3, 0.4) is 0 Å². The normalized spacial score (nSPS) is 16.9. The van der Waals surface area contributed by atoms with E-state index in [1.807, 2.05) is 24.3 Å². The highest BCUT2D eigenvalue weighted by Gasteiger charge is 2.10. The standard InChI is InChI=1S/C14H22N4O/c15-14(17-19)13-6-2-1-5-12(13)11-16-7-10-18-8-3-4-9-18/h1-2,5-6,16,19H,3-4,7-11H2,(H2,15,17).